The molecule has 28 heavy (non-hydrogen) atoms. The van der Waals surface area contributed by atoms with Crippen molar-refractivity contribution in [3.63, 3.8) is 0 Å². The summed E-state index contributed by atoms with van der Waals surface area (Å²) in [5.74, 6) is 1.02. The first kappa shape index (κ1) is 19.0. The van der Waals surface area contributed by atoms with E-state index in [9.17, 15) is 4.79 Å². The maximum atomic E-state index is 12.2. The Morgan fingerprint density at radius 1 is 1.25 bits per heavy atom. The van der Waals surface area contributed by atoms with Crippen LogP contribution in [0.1, 0.15) is 42.0 Å². The number of hydrogen-bond donors (Lipinski definition) is 2. The molecular formula is C23H29N3O2. The highest BCUT2D eigenvalue weighted by molar-refractivity contribution is 5.96. The molecule has 0 bridgehead atoms. The maximum absolute atomic E-state index is 12.2. The van der Waals surface area contributed by atoms with Crippen LogP contribution in [-0.4, -0.2) is 32.1 Å². The zero-order valence-electron chi connectivity index (χ0n) is 16.7. The number of anilines is 1. The van der Waals surface area contributed by atoms with Crippen LogP contribution in [0.15, 0.2) is 42.5 Å². The normalized spacial score (nSPS) is 24.8. The fourth-order valence-electron chi connectivity index (χ4n) is 4.69. The summed E-state index contributed by atoms with van der Waals surface area (Å²) in [5, 5.41) is 3.63. The fraction of sp³-hybridized carbons (Fsp3) is 0.435. The van der Waals surface area contributed by atoms with E-state index in [0.29, 0.717) is 12.8 Å². The van der Waals surface area contributed by atoms with Crippen molar-refractivity contribution in [1.29, 1.82) is 0 Å². The zero-order valence-corrected chi connectivity index (χ0v) is 16.7. The van der Waals surface area contributed by atoms with Crippen LogP contribution >= 0.6 is 0 Å². The molecule has 2 heterocycles. The Morgan fingerprint density at radius 3 is 2.79 bits per heavy atom. The summed E-state index contributed by atoms with van der Waals surface area (Å²) in [7, 11) is 3.56. The average molecular weight is 380 g/mol. The molecule has 2 aromatic rings. The molecule has 0 saturated carbocycles. The molecule has 5 nitrogen and oxygen atoms in total. The Bertz CT molecular complexity index is 868. The molecule has 0 spiro atoms. The average Bonchev–Trinajstić information content (AvgIpc) is 2.71. The van der Waals surface area contributed by atoms with Gasteiger partial charge in [-0.2, -0.15) is 0 Å². The van der Waals surface area contributed by atoms with Crippen LogP contribution in [0.4, 0.5) is 5.69 Å². The molecule has 0 aliphatic carbocycles. The summed E-state index contributed by atoms with van der Waals surface area (Å²) in [4.78, 5) is 13.9. The molecule has 1 saturated heterocycles. The Morgan fingerprint density at radius 2 is 2.04 bits per heavy atom. The number of hydrogen-bond acceptors (Lipinski definition) is 4. The summed E-state index contributed by atoms with van der Waals surface area (Å²) >= 11 is 0. The second-order valence-corrected chi connectivity index (χ2v) is 8.06. The number of nitrogens with zero attached hydrogens (tertiary/aromatic N) is 1. The van der Waals surface area contributed by atoms with Crippen LogP contribution in [0.2, 0.25) is 0 Å². The molecular weight excluding hydrogens is 350 g/mol. The van der Waals surface area contributed by atoms with Crippen molar-refractivity contribution in [1.82, 2.24) is 5.32 Å². The van der Waals surface area contributed by atoms with Crippen LogP contribution in [-0.2, 0) is 17.6 Å². The van der Waals surface area contributed by atoms with Gasteiger partial charge >= 0.3 is 0 Å². The van der Waals surface area contributed by atoms with Gasteiger partial charge in [-0.05, 0) is 61.1 Å². The van der Waals surface area contributed by atoms with Crippen molar-refractivity contribution < 1.29 is 9.53 Å². The predicted molar refractivity (Wildman–Crippen MR) is 112 cm³/mol. The third kappa shape index (κ3) is 3.40. The van der Waals surface area contributed by atoms with E-state index in [0.717, 1.165) is 48.4 Å². The number of rotatable bonds is 4. The molecule has 0 aromatic heterocycles. The van der Waals surface area contributed by atoms with Crippen molar-refractivity contribution in [3.05, 3.63) is 59.2 Å². The van der Waals surface area contributed by atoms with Crippen LogP contribution in [0, 0.1) is 0 Å². The number of methoxy groups -OCH3 is 1. The number of piperidine rings is 1. The van der Waals surface area contributed by atoms with Gasteiger partial charge in [-0.1, -0.05) is 30.3 Å². The molecule has 2 aromatic carbocycles. The van der Waals surface area contributed by atoms with E-state index in [1.54, 1.807) is 12.0 Å². The van der Waals surface area contributed by atoms with Gasteiger partial charge in [-0.3, -0.25) is 4.79 Å². The molecule has 5 heteroatoms. The van der Waals surface area contributed by atoms with E-state index in [1.165, 1.54) is 5.56 Å². The molecule has 1 amide bonds. The monoisotopic (exact) mass is 379 g/mol. The molecule has 1 fully saturated rings. The number of carbonyl (C=O) groups is 1. The Hall–Kier alpha value is -2.37. The SMILES string of the molecule is COc1cc2c(cc1C[C@@]1(N)CCCN[C@H]1c1ccccc1)N(C)C(=O)CC2. The van der Waals surface area contributed by atoms with Gasteiger partial charge in [-0.15, -0.1) is 0 Å². The lowest BCUT2D eigenvalue weighted by Gasteiger charge is -2.43. The number of fused-ring (bicyclic) bond motifs is 1. The van der Waals surface area contributed by atoms with Crippen molar-refractivity contribution in [2.24, 2.45) is 5.73 Å². The number of amides is 1. The van der Waals surface area contributed by atoms with E-state index in [-0.39, 0.29) is 11.9 Å². The predicted octanol–water partition coefficient (Wildman–Crippen LogP) is 2.97. The molecule has 3 N–H and O–H groups in total. The molecule has 0 radical (unpaired) electrons. The number of nitrogens with two attached hydrogens (primary N) is 1. The van der Waals surface area contributed by atoms with Gasteiger partial charge in [0.2, 0.25) is 5.91 Å². The lowest BCUT2D eigenvalue weighted by atomic mass is 9.75. The first-order chi connectivity index (χ1) is 13.5. The van der Waals surface area contributed by atoms with Gasteiger partial charge in [0.05, 0.1) is 13.2 Å². The van der Waals surface area contributed by atoms with Crippen molar-refractivity contribution in [2.45, 2.75) is 43.7 Å². The van der Waals surface area contributed by atoms with Crippen LogP contribution < -0.4 is 20.7 Å². The Kier molecular flexibility index (Phi) is 5.13. The van der Waals surface area contributed by atoms with E-state index in [2.05, 4.69) is 41.7 Å². The minimum Gasteiger partial charge on any atom is -0.496 e. The number of nitrogens with one attached hydrogen (secondary N) is 1. The Labute approximate surface area is 166 Å². The van der Waals surface area contributed by atoms with Gasteiger partial charge in [0.15, 0.2) is 0 Å². The number of carbonyl (C=O) groups excluding carboxylic acids is 1. The van der Waals surface area contributed by atoms with Crippen LogP contribution in [0.3, 0.4) is 0 Å². The second-order valence-electron chi connectivity index (χ2n) is 8.06. The summed E-state index contributed by atoms with van der Waals surface area (Å²) < 4.78 is 5.72. The number of aryl methyl sites for hydroxylation is 1. The van der Waals surface area contributed by atoms with Crippen LogP contribution in [0.5, 0.6) is 5.75 Å². The fourth-order valence-corrected chi connectivity index (χ4v) is 4.69. The van der Waals surface area contributed by atoms with Gasteiger partial charge in [-0.25, -0.2) is 0 Å². The Balaban J connectivity index is 1.71. The smallest absolute Gasteiger partial charge is 0.227 e. The largest absolute Gasteiger partial charge is 0.496 e. The van der Waals surface area contributed by atoms with Crippen LogP contribution in [0.25, 0.3) is 0 Å². The van der Waals surface area contributed by atoms with E-state index in [1.807, 2.05) is 13.1 Å². The second kappa shape index (κ2) is 7.57. The molecule has 2 aliphatic rings. The molecule has 0 unspecified atom stereocenters. The molecule has 148 valence electrons. The van der Waals surface area contributed by atoms with Crippen molar-refractivity contribution >= 4 is 11.6 Å². The lowest BCUT2D eigenvalue weighted by molar-refractivity contribution is -0.118. The highest BCUT2D eigenvalue weighted by Gasteiger charge is 2.39. The lowest BCUT2D eigenvalue weighted by Crippen LogP contribution is -2.56. The van der Waals surface area contributed by atoms with Crippen molar-refractivity contribution in [2.75, 3.05) is 25.6 Å². The highest BCUT2D eigenvalue weighted by atomic mass is 16.5. The summed E-state index contributed by atoms with van der Waals surface area (Å²) in [6.45, 7) is 0.969. The van der Waals surface area contributed by atoms with Gasteiger partial charge < -0.3 is 20.7 Å². The van der Waals surface area contributed by atoms with Gasteiger partial charge in [0.1, 0.15) is 5.75 Å². The summed E-state index contributed by atoms with van der Waals surface area (Å²) in [5.41, 5.74) is 11.0. The minimum absolute atomic E-state index is 0.0857. The van der Waals surface area contributed by atoms with E-state index in [4.69, 9.17) is 10.5 Å². The number of ether oxygens (including phenoxy) is 1. The highest BCUT2D eigenvalue weighted by Crippen LogP contribution is 2.39. The quantitative estimate of drug-likeness (QED) is 0.857. The van der Waals surface area contributed by atoms with Gasteiger partial charge in [0.25, 0.3) is 0 Å². The third-order valence-corrected chi connectivity index (χ3v) is 6.22. The van der Waals surface area contributed by atoms with Gasteiger partial charge in [0, 0.05) is 24.7 Å². The number of benzene rings is 2. The summed E-state index contributed by atoms with van der Waals surface area (Å²) in [6, 6.07) is 14.7. The molecule has 2 aliphatic heterocycles. The van der Waals surface area contributed by atoms with E-state index < -0.39 is 5.54 Å². The third-order valence-electron chi connectivity index (χ3n) is 6.22. The molecule has 2 atom stereocenters. The minimum atomic E-state index is -0.418. The zero-order chi connectivity index (χ0) is 19.7. The van der Waals surface area contributed by atoms with E-state index >= 15 is 0 Å². The standard InChI is InChI=1S/C23H29N3O2/c1-26-19-13-18(20(28-2)14-17(19)9-10-21(26)27)15-23(24)11-6-12-25-22(23)16-7-4-3-5-8-16/h3-5,7-8,13-14,22,25H,6,9-12,15,24H2,1-2H3/t22-,23-/m0/s1. The molecule has 4 rings (SSSR count). The summed E-state index contributed by atoms with van der Waals surface area (Å²) in [6.07, 6.45) is 3.99. The first-order valence-corrected chi connectivity index (χ1v) is 10.1. The topological polar surface area (TPSA) is 67.6 Å². The maximum Gasteiger partial charge on any atom is 0.227 e. The van der Waals surface area contributed by atoms with Crippen molar-refractivity contribution in [3.8, 4) is 5.75 Å². The first-order valence-electron chi connectivity index (χ1n) is 10.1.